The molecule has 1 saturated heterocycles. The monoisotopic (exact) mass is 215 g/mol. The van der Waals surface area contributed by atoms with E-state index in [0.29, 0.717) is 0 Å². The van der Waals surface area contributed by atoms with E-state index in [1.807, 2.05) is 20.8 Å². The van der Waals surface area contributed by atoms with Crippen LogP contribution in [0.1, 0.15) is 27.2 Å². The van der Waals surface area contributed by atoms with E-state index in [9.17, 15) is 4.79 Å². The molecule has 88 valence electrons. The van der Waals surface area contributed by atoms with Gasteiger partial charge < -0.3 is 14.8 Å². The third kappa shape index (κ3) is 3.80. The van der Waals surface area contributed by atoms with Crippen LogP contribution in [0.3, 0.4) is 0 Å². The zero-order chi connectivity index (χ0) is 11.5. The molecule has 2 atom stereocenters. The van der Waals surface area contributed by atoms with Crippen LogP contribution in [0.25, 0.3) is 0 Å². The molecule has 0 aromatic carbocycles. The number of carbonyl (C=O) groups is 1. The Morgan fingerprint density at radius 3 is 2.60 bits per heavy atom. The van der Waals surface area contributed by atoms with Crippen molar-refractivity contribution in [3.63, 3.8) is 0 Å². The molecule has 0 radical (unpaired) electrons. The minimum Gasteiger partial charge on any atom is -0.460 e. The molecule has 0 saturated carbocycles. The van der Waals surface area contributed by atoms with Crippen LogP contribution >= 0.6 is 0 Å². The van der Waals surface area contributed by atoms with Gasteiger partial charge in [-0.15, -0.1) is 0 Å². The first kappa shape index (κ1) is 12.5. The quantitative estimate of drug-likeness (QED) is 0.697. The number of nitrogens with one attached hydrogen (secondary N) is 1. The van der Waals surface area contributed by atoms with Crippen LogP contribution in [0.15, 0.2) is 0 Å². The van der Waals surface area contributed by atoms with Crippen molar-refractivity contribution in [2.45, 2.75) is 38.9 Å². The van der Waals surface area contributed by atoms with Crippen molar-refractivity contribution in [1.82, 2.24) is 5.32 Å². The predicted molar refractivity (Wildman–Crippen MR) is 57.6 cm³/mol. The average Bonchev–Trinajstić information content (AvgIpc) is 2.15. The normalized spacial score (nSPS) is 27.5. The molecule has 0 amide bonds. The largest absolute Gasteiger partial charge is 0.460 e. The van der Waals surface area contributed by atoms with Crippen molar-refractivity contribution >= 4 is 5.97 Å². The molecule has 0 unspecified atom stereocenters. The molecular formula is C11H21NO3. The van der Waals surface area contributed by atoms with Gasteiger partial charge in [0, 0.05) is 13.7 Å². The highest BCUT2D eigenvalue weighted by atomic mass is 16.6. The minimum absolute atomic E-state index is 0.0615. The smallest absolute Gasteiger partial charge is 0.312 e. The maximum Gasteiger partial charge on any atom is 0.312 e. The van der Waals surface area contributed by atoms with Gasteiger partial charge in [0.1, 0.15) is 5.60 Å². The topological polar surface area (TPSA) is 47.6 Å². The van der Waals surface area contributed by atoms with Gasteiger partial charge in [-0.1, -0.05) is 0 Å². The molecular weight excluding hydrogens is 194 g/mol. The summed E-state index contributed by atoms with van der Waals surface area (Å²) in [7, 11) is 1.63. The van der Waals surface area contributed by atoms with Crippen molar-refractivity contribution in [2.24, 2.45) is 5.92 Å². The molecule has 0 aromatic rings. The van der Waals surface area contributed by atoms with Crippen LogP contribution in [0, 0.1) is 5.92 Å². The minimum atomic E-state index is -0.416. The highest BCUT2D eigenvalue weighted by Crippen LogP contribution is 2.20. The lowest BCUT2D eigenvalue weighted by atomic mass is 9.95. The number of carbonyl (C=O) groups excluding carboxylic acids is 1. The van der Waals surface area contributed by atoms with Gasteiger partial charge in [-0.3, -0.25) is 4.79 Å². The van der Waals surface area contributed by atoms with E-state index in [2.05, 4.69) is 5.32 Å². The number of rotatable bonds is 2. The summed E-state index contributed by atoms with van der Waals surface area (Å²) >= 11 is 0. The molecule has 1 fully saturated rings. The highest BCUT2D eigenvalue weighted by molar-refractivity contribution is 5.73. The maximum atomic E-state index is 11.9. The van der Waals surface area contributed by atoms with Crippen molar-refractivity contribution in [3.8, 4) is 0 Å². The Hall–Kier alpha value is -0.610. The van der Waals surface area contributed by atoms with Crippen LogP contribution in [0.5, 0.6) is 0 Å². The Kier molecular flexibility index (Phi) is 4.11. The first-order valence-corrected chi connectivity index (χ1v) is 5.40. The highest BCUT2D eigenvalue weighted by Gasteiger charge is 2.34. The van der Waals surface area contributed by atoms with Gasteiger partial charge in [-0.2, -0.15) is 0 Å². The molecule has 4 heteroatoms. The van der Waals surface area contributed by atoms with E-state index >= 15 is 0 Å². The zero-order valence-electron chi connectivity index (χ0n) is 10.0. The number of hydrogen-bond donors (Lipinski definition) is 1. The molecule has 4 nitrogen and oxygen atoms in total. The fraction of sp³-hybridized carbons (Fsp3) is 0.909. The molecule has 1 aliphatic rings. The van der Waals surface area contributed by atoms with Gasteiger partial charge >= 0.3 is 5.97 Å². The van der Waals surface area contributed by atoms with Crippen LogP contribution in [-0.4, -0.2) is 37.9 Å². The van der Waals surface area contributed by atoms with Crippen molar-refractivity contribution < 1.29 is 14.3 Å². The fourth-order valence-electron chi connectivity index (χ4n) is 1.72. The van der Waals surface area contributed by atoms with E-state index in [0.717, 1.165) is 19.5 Å². The first-order chi connectivity index (χ1) is 6.94. The summed E-state index contributed by atoms with van der Waals surface area (Å²) in [6.45, 7) is 7.22. The average molecular weight is 215 g/mol. The number of hydrogen-bond acceptors (Lipinski definition) is 4. The number of esters is 1. The van der Waals surface area contributed by atoms with Gasteiger partial charge in [0.25, 0.3) is 0 Å². The van der Waals surface area contributed by atoms with E-state index in [4.69, 9.17) is 9.47 Å². The van der Waals surface area contributed by atoms with Gasteiger partial charge in [0.15, 0.2) is 0 Å². The second-order valence-corrected chi connectivity index (χ2v) is 4.91. The SMILES string of the molecule is CO[C@@H]1CNCC[C@@H]1C(=O)OC(C)(C)C. The summed E-state index contributed by atoms with van der Waals surface area (Å²) in [5.74, 6) is -0.272. The Bertz CT molecular complexity index is 222. The van der Waals surface area contributed by atoms with Crippen molar-refractivity contribution in [1.29, 1.82) is 0 Å². The molecule has 0 aromatic heterocycles. The van der Waals surface area contributed by atoms with Crippen molar-refractivity contribution in [3.05, 3.63) is 0 Å². The molecule has 1 aliphatic heterocycles. The fourth-order valence-corrected chi connectivity index (χ4v) is 1.72. The number of piperidine rings is 1. The lowest BCUT2D eigenvalue weighted by Gasteiger charge is -2.31. The van der Waals surface area contributed by atoms with E-state index < -0.39 is 5.60 Å². The summed E-state index contributed by atoms with van der Waals surface area (Å²) in [6.07, 6.45) is 0.724. The maximum absolute atomic E-state index is 11.9. The van der Waals surface area contributed by atoms with Gasteiger partial charge in [-0.25, -0.2) is 0 Å². The molecule has 15 heavy (non-hydrogen) atoms. The summed E-state index contributed by atoms with van der Waals surface area (Å²) in [5.41, 5.74) is -0.416. The van der Waals surface area contributed by atoms with Gasteiger partial charge in [0.2, 0.25) is 0 Å². The molecule has 1 rings (SSSR count). The summed E-state index contributed by atoms with van der Waals surface area (Å²) in [5, 5.41) is 3.20. The Balaban J connectivity index is 2.56. The Morgan fingerprint density at radius 2 is 2.07 bits per heavy atom. The molecule has 0 bridgehead atoms. The van der Waals surface area contributed by atoms with Gasteiger partial charge in [0.05, 0.1) is 12.0 Å². The van der Waals surface area contributed by atoms with E-state index in [-0.39, 0.29) is 18.0 Å². The van der Waals surface area contributed by atoms with E-state index in [1.165, 1.54) is 0 Å². The Morgan fingerprint density at radius 1 is 1.40 bits per heavy atom. The summed E-state index contributed by atoms with van der Waals surface area (Å²) in [6, 6.07) is 0. The third-order valence-corrected chi connectivity index (χ3v) is 2.44. The van der Waals surface area contributed by atoms with Crippen LogP contribution in [0.2, 0.25) is 0 Å². The number of ether oxygens (including phenoxy) is 2. The van der Waals surface area contributed by atoms with Gasteiger partial charge in [-0.05, 0) is 33.7 Å². The summed E-state index contributed by atoms with van der Waals surface area (Å²) in [4.78, 5) is 11.9. The van der Waals surface area contributed by atoms with Crippen LogP contribution < -0.4 is 5.32 Å². The lowest BCUT2D eigenvalue weighted by molar-refractivity contribution is -0.166. The second kappa shape index (κ2) is 4.94. The molecule has 1 N–H and O–H groups in total. The van der Waals surface area contributed by atoms with E-state index in [1.54, 1.807) is 7.11 Å². The number of methoxy groups -OCH3 is 1. The van der Waals surface area contributed by atoms with Crippen molar-refractivity contribution in [2.75, 3.05) is 20.2 Å². The predicted octanol–water partition coefficient (Wildman–Crippen LogP) is 0.953. The molecule has 1 heterocycles. The Labute approximate surface area is 91.3 Å². The first-order valence-electron chi connectivity index (χ1n) is 5.40. The van der Waals surface area contributed by atoms with Crippen LogP contribution in [0.4, 0.5) is 0 Å². The van der Waals surface area contributed by atoms with Crippen LogP contribution in [-0.2, 0) is 14.3 Å². The lowest BCUT2D eigenvalue weighted by Crippen LogP contribution is -2.46. The second-order valence-electron chi connectivity index (χ2n) is 4.91. The third-order valence-electron chi connectivity index (χ3n) is 2.44. The summed E-state index contributed by atoms with van der Waals surface area (Å²) < 4.78 is 10.6. The molecule has 0 aliphatic carbocycles. The standard InChI is InChI=1S/C11H21NO3/c1-11(2,3)15-10(13)8-5-6-12-7-9(8)14-4/h8-9,12H,5-7H2,1-4H3/t8-,9+/m0/s1. The zero-order valence-corrected chi connectivity index (χ0v) is 10.0. The molecule has 0 spiro atoms.